The van der Waals surface area contributed by atoms with E-state index in [1.165, 1.54) is 30.6 Å². The van der Waals surface area contributed by atoms with Crippen molar-refractivity contribution in [3.8, 4) is 5.75 Å². The number of sulfonamides is 1. The summed E-state index contributed by atoms with van der Waals surface area (Å²) < 4.78 is 34.1. The van der Waals surface area contributed by atoms with Crippen LogP contribution >= 0.6 is 0 Å². The Morgan fingerprint density at radius 1 is 1.35 bits per heavy atom. The molecule has 2 aromatic rings. The van der Waals surface area contributed by atoms with Crippen LogP contribution in [0.5, 0.6) is 5.75 Å². The van der Waals surface area contributed by atoms with E-state index in [2.05, 4.69) is 14.8 Å². The van der Waals surface area contributed by atoms with Gasteiger partial charge in [-0.2, -0.15) is 9.82 Å². The predicted molar refractivity (Wildman–Crippen MR) is 93.0 cm³/mol. The molecule has 1 unspecified atom stereocenters. The monoisotopic (exact) mass is 382 g/mol. The first-order chi connectivity index (χ1) is 12.3. The van der Waals surface area contributed by atoms with Gasteiger partial charge >= 0.3 is 5.97 Å². The largest absolute Gasteiger partial charge is 0.486 e. The number of aliphatic carboxylic acids is 1. The Bertz CT molecular complexity index is 833. The molecule has 2 rings (SSSR count). The first kappa shape index (κ1) is 19.9. The number of hydrogen-bond acceptors (Lipinski definition) is 6. The van der Waals surface area contributed by atoms with Gasteiger partial charge in [-0.1, -0.05) is 19.8 Å². The maximum atomic E-state index is 12.4. The summed E-state index contributed by atoms with van der Waals surface area (Å²) in [5, 5.41) is 13.1. The van der Waals surface area contributed by atoms with Gasteiger partial charge < -0.3 is 9.84 Å². The number of hydrogen-bond donors (Lipinski definition) is 2. The number of nitrogens with zero attached hydrogens (tertiary/aromatic N) is 3. The van der Waals surface area contributed by atoms with E-state index in [1.807, 2.05) is 6.92 Å². The van der Waals surface area contributed by atoms with Crippen molar-refractivity contribution < 1.29 is 23.1 Å². The van der Waals surface area contributed by atoms with Crippen molar-refractivity contribution in [3.05, 3.63) is 36.4 Å². The van der Waals surface area contributed by atoms with Crippen LogP contribution in [0.1, 0.15) is 32.0 Å². The average Bonchev–Trinajstić information content (AvgIpc) is 3.02. The van der Waals surface area contributed by atoms with Gasteiger partial charge in [0.2, 0.25) is 10.0 Å². The van der Waals surface area contributed by atoms with E-state index in [0.29, 0.717) is 18.0 Å². The van der Waals surface area contributed by atoms with Gasteiger partial charge in [-0.15, -0.1) is 0 Å². The zero-order valence-corrected chi connectivity index (χ0v) is 15.4. The topological polar surface area (TPSA) is 123 Å². The fraction of sp³-hybridized carbons (Fsp3) is 0.438. The number of rotatable bonds is 10. The van der Waals surface area contributed by atoms with Crippen molar-refractivity contribution in [2.24, 2.45) is 7.05 Å². The van der Waals surface area contributed by atoms with Crippen LogP contribution in [0.4, 0.5) is 0 Å². The van der Waals surface area contributed by atoms with Crippen molar-refractivity contribution in [2.75, 3.05) is 0 Å². The molecule has 1 heterocycles. The SMILES string of the molecule is CCCCC(NS(=O)(=O)c1ccc(OCc2ncnn2C)cc1)C(=O)O. The summed E-state index contributed by atoms with van der Waals surface area (Å²) in [6.45, 7) is 2.10. The van der Waals surface area contributed by atoms with Gasteiger partial charge in [0.15, 0.2) is 5.82 Å². The molecule has 0 aliphatic heterocycles. The minimum atomic E-state index is -3.93. The minimum absolute atomic E-state index is 0.0220. The molecular weight excluding hydrogens is 360 g/mol. The molecule has 0 radical (unpaired) electrons. The minimum Gasteiger partial charge on any atom is -0.486 e. The van der Waals surface area contributed by atoms with Crippen LogP contribution in [0.25, 0.3) is 0 Å². The zero-order valence-electron chi connectivity index (χ0n) is 14.6. The average molecular weight is 382 g/mol. The number of ether oxygens (including phenoxy) is 1. The standard InChI is InChI=1S/C16H22N4O5S/c1-3-4-5-14(16(21)22)19-26(23,24)13-8-6-12(7-9-13)25-10-15-17-11-18-20(15)2/h6-9,11,14,19H,3-5,10H2,1-2H3,(H,21,22). The second-order valence-electron chi connectivity index (χ2n) is 5.71. The van der Waals surface area contributed by atoms with E-state index in [1.54, 1.807) is 11.7 Å². The van der Waals surface area contributed by atoms with Crippen molar-refractivity contribution in [1.82, 2.24) is 19.5 Å². The number of carboxylic acids is 1. The van der Waals surface area contributed by atoms with E-state index in [0.717, 1.165) is 6.42 Å². The van der Waals surface area contributed by atoms with Crippen molar-refractivity contribution >= 4 is 16.0 Å². The third-order valence-corrected chi connectivity index (χ3v) is 5.24. The summed E-state index contributed by atoms with van der Waals surface area (Å²) in [4.78, 5) is 15.2. The zero-order chi connectivity index (χ0) is 19.2. The van der Waals surface area contributed by atoms with Gasteiger partial charge in [0.1, 0.15) is 24.7 Å². The molecule has 1 aromatic heterocycles. The van der Waals surface area contributed by atoms with E-state index in [4.69, 9.17) is 4.74 Å². The number of nitrogens with one attached hydrogen (secondary N) is 1. The van der Waals surface area contributed by atoms with Gasteiger partial charge in [-0.3, -0.25) is 9.48 Å². The molecule has 0 amide bonds. The van der Waals surface area contributed by atoms with Crippen LogP contribution in [-0.2, 0) is 28.5 Å². The fourth-order valence-corrected chi connectivity index (χ4v) is 3.43. The fourth-order valence-electron chi connectivity index (χ4n) is 2.21. The summed E-state index contributed by atoms with van der Waals surface area (Å²) >= 11 is 0. The van der Waals surface area contributed by atoms with Crippen LogP contribution < -0.4 is 9.46 Å². The molecule has 0 aliphatic rings. The number of benzene rings is 1. The number of carbonyl (C=O) groups is 1. The molecule has 10 heteroatoms. The molecular formula is C16H22N4O5S. The molecule has 142 valence electrons. The molecule has 0 saturated carbocycles. The quantitative estimate of drug-likeness (QED) is 0.635. The Balaban J connectivity index is 2.03. The highest BCUT2D eigenvalue weighted by atomic mass is 32.2. The van der Waals surface area contributed by atoms with Gasteiger partial charge in [-0.25, -0.2) is 13.4 Å². The summed E-state index contributed by atoms with van der Waals surface area (Å²) in [6, 6.07) is 4.60. The van der Waals surface area contributed by atoms with E-state index < -0.39 is 22.0 Å². The van der Waals surface area contributed by atoms with Crippen molar-refractivity contribution in [1.29, 1.82) is 0 Å². The number of carboxylic acid groups (broad SMARTS) is 1. The molecule has 9 nitrogen and oxygen atoms in total. The Labute approximate surface area is 152 Å². The molecule has 0 bridgehead atoms. The highest BCUT2D eigenvalue weighted by molar-refractivity contribution is 7.89. The Morgan fingerprint density at radius 3 is 2.58 bits per heavy atom. The Kier molecular flexibility index (Phi) is 6.70. The lowest BCUT2D eigenvalue weighted by Crippen LogP contribution is -2.40. The number of aromatic nitrogens is 3. The molecule has 0 saturated heterocycles. The first-order valence-corrected chi connectivity index (χ1v) is 9.62. The summed E-state index contributed by atoms with van der Waals surface area (Å²) in [5.41, 5.74) is 0. The second-order valence-corrected chi connectivity index (χ2v) is 7.43. The molecule has 0 aliphatic carbocycles. The lowest BCUT2D eigenvalue weighted by atomic mass is 10.1. The highest BCUT2D eigenvalue weighted by Gasteiger charge is 2.24. The Hall–Kier alpha value is -2.46. The van der Waals surface area contributed by atoms with Crippen LogP contribution in [0.2, 0.25) is 0 Å². The lowest BCUT2D eigenvalue weighted by molar-refractivity contribution is -0.139. The summed E-state index contributed by atoms with van der Waals surface area (Å²) in [6.07, 6.45) is 3.05. The van der Waals surface area contributed by atoms with E-state index >= 15 is 0 Å². The van der Waals surface area contributed by atoms with E-state index in [-0.39, 0.29) is 17.9 Å². The molecule has 1 atom stereocenters. The van der Waals surface area contributed by atoms with Gasteiger partial charge in [0, 0.05) is 7.05 Å². The number of unbranched alkanes of at least 4 members (excludes halogenated alkanes) is 1. The first-order valence-electron chi connectivity index (χ1n) is 8.14. The maximum Gasteiger partial charge on any atom is 0.321 e. The highest BCUT2D eigenvalue weighted by Crippen LogP contribution is 2.17. The summed E-state index contributed by atoms with van der Waals surface area (Å²) in [7, 11) is -2.19. The van der Waals surface area contributed by atoms with Crippen LogP contribution in [0.15, 0.2) is 35.5 Å². The third-order valence-electron chi connectivity index (χ3n) is 3.75. The third kappa shape index (κ3) is 5.27. The van der Waals surface area contributed by atoms with Crippen LogP contribution in [-0.4, -0.2) is 40.3 Å². The molecule has 26 heavy (non-hydrogen) atoms. The van der Waals surface area contributed by atoms with Gasteiger partial charge in [-0.05, 0) is 30.7 Å². The van der Waals surface area contributed by atoms with Gasteiger partial charge in [0.05, 0.1) is 4.90 Å². The Morgan fingerprint density at radius 2 is 2.04 bits per heavy atom. The smallest absolute Gasteiger partial charge is 0.321 e. The van der Waals surface area contributed by atoms with E-state index in [9.17, 15) is 18.3 Å². The molecule has 1 aromatic carbocycles. The predicted octanol–water partition coefficient (Wildman–Crippen LogP) is 1.32. The lowest BCUT2D eigenvalue weighted by Gasteiger charge is -2.14. The van der Waals surface area contributed by atoms with Gasteiger partial charge in [0.25, 0.3) is 0 Å². The van der Waals surface area contributed by atoms with Crippen LogP contribution in [0.3, 0.4) is 0 Å². The molecule has 2 N–H and O–H groups in total. The maximum absolute atomic E-state index is 12.4. The number of aryl methyl sites for hydroxylation is 1. The second kappa shape index (κ2) is 8.77. The van der Waals surface area contributed by atoms with Crippen molar-refractivity contribution in [2.45, 2.75) is 43.7 Å². The molecule has 0 spiro atoms. The van der Waals surface area contributed by atoms with Crippen molar-refractivity contribution in [3.63, 3.8) is 0 Å². The molecule has 0 fully saturated rings. The summed E-state index contributed by atoms with van der Waals surface area (Å²) in [5.74, 6) is -0.0954. The normalized spacial score (nSPS) is 12.7. The van der Waals surface area contributed by atoms with Crippen LogP contribution in [0, 0.1) is 0 Å².